The maximum atomic E-state index is 10.5. The van der Waals surface area contributed by atoms with Crippen LogP contribution in [-0.2, 0) is 13.5 Å². The van der Waals surface area contributed by atoms with E-state index >= 15 is 0 Å². The van der Waals surface area contributed by atoms with Crippen molar-refractivity contribution < 1.29 is 14.6 Å². The zero-order chi connectivity index (χ0) is 26.3. The number of aliphatic hydroxyl groups excluding tert-OH is 1. The maximum Gasteiger partial charge on any atom is 0.237 e. The Morgan fingerprint density at radius 1 is 1.11 bits per heavy atom. The molecule has 0 amide bonds. The SMILES string of the molecule is Cn1nnc(-c2ccccc2OC[C@@H](O)CNC(C)(C)Cc2ccc(Oc3ncccc3C#N)cc2)n1. The van der Waals surface area contributed by atoms with E-state index in [0.29, 0.717) is 29.4 Å². The molecule has 0 aliphatic carbocycles. The number of benzene rings is 2. The van der Waals surface area contributed by atoms with Crippen LogP contribution in [0.25, 0.3) is 11.4 Å². The van der Waals surface area contributed by atoms with Gasteiger partial charge in [-0.2, -0.15) is 10.1 Å². The third-order valence-corrected chi connectivity index (χ3v) is 5.56. The van der Waals surface area contributed by atoms with E-state index in [-0.39, 0.29) is 18.0 Å². The van der Waals surface area contributed by atoms with Gasteiger partial charge in [-0.3, -0.25) is 0 Å². The van der Waals surface area contributed by atoms with Gasteiger partial charge in [0, 0.05) is 18.3 Å². The number of aryl methyl sites for hydroxylation is 1. The van der Waals surface area contributed by atoms with Crippen LogP contribution in [0.4, 0.5) is 0 Å². The summed E-state index contributed by atoms with van der Waals surface area (Å²) in [4.78, 5) is 5.51. The van der Waals surface area contributed by atoms with Crippen LogP contribution < -0.4 is 14.8 Å². The molecular formula is C27H29N7O3. The Hall–Kier alpha value is -4.33. The van der Waals surface area contributed by atoms with Crippen LogP contribution in [0.1, 0.15) is 25.0 Å². The Balaban J connectivity index is 1.27. The summed E-state index contributed by atoms with van der Waals surface area (Å²) in [5.74, 6) is 1.94. The third kappa shape index (κ3) is 7.10. The highest BCUT2D eigenvalue weighted by Gasteiger charge is 2.20. The van der Waals surface area contributed by atoms with Crippen molar-refractivity contribution in [1.29, 1.82) is 5.26 Å². The number of para-hydroxylation sites is 1. The molecule has 0 radical (unpaired) electrons. The zero-order valence-corrected chi connectivity index (χ0v) is 21.0. The minimum absolute atomic E-state index is 0.116. The Kier molecular flexibility index (Phi) is 8.08. The second-order valence-electron chi connectivity index (χ2n) is 9.22. The molecular weight excluding hydrogens is 470 g/mol. The fourth-order valence-corrected chi connectivity index (χ4v) is 3.73. The van der Waals surface area contributed by atoms with Gasteiger partial charge < -0.3 is 19.9 Å². The standard InChI is InChI=1S/C27H29N7O3/c1-27(2,15-19-10-12-22(13-11-19)37-26-20(16-28)7-6-14-29-26)30-17-21(35)18-36-24-9-5-4-8-23(24)25-31-33-34(3)32-25/h4-14,21,30,35H,15,17-18H2,1-3H3/t21-/m0/s1. The number of nitriles is 1. The predicted molar refractivity (Wildman–Crippen MR) is 137 cm³/mol. The van der Waals surface area contributed by atoms with Crippen molar-refractivity contribution in [2.45, 2.75) is 31.9 Å². The molecule has 4 aromatic rings. The van der Waals surface area contributed by atoms with E-state index in [1.165, 1.54) is 4.80 Å². The molecule has 0 unspecified atom stereocenters. The summed E-state index contributed by atoms with van der Waals surface area (Å²) in [6, 6.07) is 20.5. The fourth-order valence-electron chi connectivity index (χ4n) is 3.73. The van der Waals surface area contributed by atoms with Gasteiger partial charge in [-0.15, -0.1) is 10.2 Å². The molecule has 0 spiro atoms. The minimum atomic E-state index is -0.717. The Labute approximate surface area is 215 Å². The number of tetrazole rings is 1. The van der Waals surface area contributed by atoms with Crippen molar-refractivity contribution in [3.8, 4) is 34.8 Å². The highest BCUT2D eigenvalue weighted by atomic mass is 16.5. The molecule has 0 saturated carbocycles. The second kappa shape index (κ2) is 11.6. The van der Waals surface area contributed by atoms with Crippen molar-refractivity contribution in [2.75, 3.05) is 13.2 Å². The van der Waals surface area contributed by atoms with Crippen LogP contribution in [0, 0.1) is 11.3 Å². The first-order valence-electron chi connectivity index (χ1n) is 11.8. The molecule has 0 fully saturated rings. The Morgan fingerprint density at radius 3 is 2.62 bits per heavy atom. The molecule has 190 valence electrons. The van der Waals surface area contributed by atoms with E-state index in [9.17, 15) is 10.4 Å². The van der Waals surface area contributed by atoms with Crippen LogP contribution >= 0.6 is 0 Å². The van der Waals surface area contributed by atoms with Crippen molar-refractivity contribution in [3.05, 3.63) is 78.0 Å². The number of aliphatic hydroxyl groups is 1. The molecule has 0 saturated heterocycles. The molecule has 0 aliphatic heterocycles. The number of aromatic nitrogens is 5. The summed E-state index contributed by atoms with van der Waals surface area (Å²) in [7, 11) is 1.70. The molecule has 10 nitrogen and oxygen atoms in total. The van der Waals surface area contributed by atoms with Gasteiger partial charge in [0.2, 0.25) is 11.7 Å². The molecule has 4 rings (SSSR count). The topological polar surface area (TPSA) is 131 Å². The summed E-state index contributed by atoms with van der Waals surface area (Å²) in [6.07, 6.45) is 1.60. The molecule has 2 aromatic carbocycles. The number of rotatable bonds is 11. The quantitative estimate of drug-likeness (QED) is 0.319. The lowest BCUT2D eigenvalue weighted by molar-refractivity contribution is 0.0991. The summed E-state index contributed by atoms with van der Waals surface area (Å²) in [6.45, 7) is 4.63. The molecule has 10 heteroatoms. The van der Waals surface area contributed by atoms with Crippen LogP contribution in [0.3, 0.4) is 0 Å². The number of pyridine rings is 1. The minimum Gasteiger partial charge on any atom is -0.490 e. The lowest BCUT2D eigenvalue weighted by Crippen LogP contribution is -2.46. The van der Waals surface area contributed by atoms with Crippen LogP contribution in [-0.4, -0.2) is 55.1 Å². The average Bonchev–Trinajstić information content (AvgIpc) is 3.34. The van der Waals surface area contributed by atoms with Crippen LogP contribution in [0.15, 0.2) is 66.9 Å². The van der Waals surface area contributed by atoms with E-state index in [0.717, 1.165) is 17.5 Å². The molecule has 37 heavy (non-hydrogen) atoms. The molecule has 0 bridgehead atoms. The molecule has 1 atom stereocenters. The van der Waals surface area contributed by atoms with Crippen molar-refractivity contribution in [2.24, 2.45) is 7.05 Å². The van der Waals surface area contributed by atoms with Gasteiger partial charge in [0.25, 0.3) is 0 Å². The third-order valence-electron chi connectivity index (χ3n) is 5.56. The van der Waals surface area contributed by atoms with Gasteiger partial charge in [-0.05, 0) is 67.4 Å². The van der Waals surface area contributed by atoms with E-state index < -0.39 is 6.10 Å². The normalized spacial score (nSPS) is 12.1. The monoisotopic (exact) mass is 499 g/mol. The predicted octanol–water partition coefficient (Wildman–Crippen LogP) is 3.29. The summed E-state index contributed by atoms with van der Waals surface area (Å²) < 4.78 is 11.6. The number of hydrogen-bond donors (Lipinski definition) is 2. The van der Waals surface area contributed by atoms with Gasteiger partial charge in [0.05, 0.1) is 12.6 Å². The zero-order valence-electron chi connectivity index (χ0n) is 21.0. The van der Waals surface area contributed by atoms with Gasteiger partial charge in [0.15, 0.2) is 0 Å². The Morgan fingerprint density at radius 2 is 1.89 bits per heavy atom. The van der Waals surface area contributed by atoms with E-state index in [1.807, 2.05) is 48.5 Å². The van der Waals surface area contributed by atoms with Crippen molar-refractivity contribution >= 4 is 0 Å². The number of nitrogens with zero attached hydrogens (tertiary/aromatic N) is 6. The first-order chi connectivity index (χ1) is 17.8. The maximum absolute atomic E-state index is 10.5. The summed E-state index contributed by atoms with van der Waals surface area (Å²) in [5.41, 5.74) is 1.92. The number of hydrogen-bond acceptors (Lipinski definition) is 9. The van der Waals surface area contributed by atoms with E-state index in [2.05, 4.69) is 45.6 Å². The van der Waals surface area contributed by atoms with Gasteiger partial charge in [-0.25, -0.2) is 4.98 Å². The van der Waals surface area contributed by atoms with Crippen LogP contribution in [0.5, 0.6) is 17.4 Å². The number of nitrogens with one attached hydrogen (secondary N) is 1. The Bertz CT molecular complexity index is 1360. The summed E-state index contributed by atoms with van der Waals surface area (Å²) >= 11 is 0. The highest BCUT2D eigenvalue weighted by molar-refractivity contribution is 5.63. The van der Waals surface area contributed by atoms with E-state index in [1.54, 1.807) is 25.4 Å². The van der Waals surface area contributed by atoms with Crippen LogP contribution in [0.2, 0.25) is 0 Å². The first kappa shape index (κ1) is 25.8. The molecule has 2 heterocycles. The molecule has 0 aliphatic rings. The van der Waals surface area contributed by atoms with E-state index in [4.69, 9.17) is 9.47 Å². The van der Waals surface area contributed by atoms with Gasteiger partial charge in [0.1, 0.15) is 35.8 Å². The molecule has 2 N–H and O–H groups in total. The largest absolute Gasteiger partial charge is 0.490 e. The first-order valence-corrected chi connectivity index (χ1v) is 11.8. The highest BCUT2D eigenvalue weighted by Crippen LogP contribution is 2.27. The molecule has 2 aromatic heterocycles. The smallest absolute Gasteiger partial charge is 0.237 e. The van der Waals surface area contributed by atoms with Crippen molar-refractivity contribution in [1.82, 2.24) is 30.5 Å². The summed E-state index contributed by atoms with van der Waals surface area (Å²) in [5, 5.41) is 35.3. The second-order valence-corrected chi connectivity index (χ2v) is 9.22. The van der Waals surface area contributed by atoms with Crippen molar-refractivity contribution in [3.63, 3.8) is 0 Å². The average molecular weight is 500 g/mol. The number of ether oxygens (including phenoxy) is 2. The van der Waals surface area contributed by atoms with Gasteiger partial charge >= 0.3 is 0 Å². The number of β-amino-alcohol motifs (C(OH)–C–C–N with tert-alkyl or cyclic N) is 1. The fraction of sp³-hybridized carbons (Fsp3) is 0.296. The lowest BCUT2D eigenvalue weighted by atomic mass is 9.94. The van der Waals surface area contributed by atoms with Gasteiger partial charge in [-0.1, -0.05) is 24.3 Å². The lowest BCUT2D eigenvalue weighted by Gasteiger charge is -2.28.